The minimum atomic E-state index is 0.580. The van der Waals surface area contributed by atoms with Crippen molar-refractivity contribution in [1.82, 2.24) is 10.3 Å². The molecule has 1 N–H and O–H groups in total. The normalized spacial score (nSPS) is 11.2. The van der Waals surface area contributed by atoms with Crippen LogP contribution in [0.4, 0.5) is 0 Å². The lowest BCUT2D eigenvalue weighted by molar-refractivity contribution is 0.793. The van der Waals surface area contributed by atoms with Crippen LogP contribution in [0.15, 0.2) is 24.3 Å². The van der Waals surface area contributed by atoms with Gasteiger partial charge >= 0.3 is 0 Å². The molecule has 2 rings (SSSR count). The quantitative estimate of drug-likeness (QED) is 0.900. The summed E-state index contributed by atoms with van der Waals surface area (Å²) < 4.78 is 0. The summed E-state index contributed by atoms with van der Waals surface area (Å²) in [6, 6.07) is 8.76. The van der Waals surface area contributed by atoms with Gasteiger partial charge in [-0.2, -0.15) is 0 Å². The third kappa shape index (κ3) is 2.79. The average Bonchev–Trinajstić information content (AvgIpc) is 2.72. The van der Waals surface area contributed by atoms with Gasteiger partial charge in [0.1, 0.15) is 5.01 Å². The number of rotatable bonds is 4. The predicted molar refractivity (Wildman–Crippen MR) is 79.1 cm³/mol. The zero-order valence-corrected chi connectivity index (χ0v) is 12.3. The van der Waals surface area contributed by atoms with Crippen LogP contribution in [0, 0.1) is 6.92 Å². The number of benzene rings is 1. The molecule has 0 unspecified atom stereocenters. The first-order valence-corrected chi connectivity index (χ1v) is 7.14. The van der Waals surface area contributed by atoms with Gasteiger partial charge in [0, 0.05) is 17.0 Å². The molecule has 1 aromatic heterocycles. The Labute approximate surface area is 113 Å². The Morgan fingerprint density at radius 1 is 1.22 bits per heavy atom. The van der Waals surface area contributed by atoms with E-state index in [1.165, 1.54) is 16.0 Å². The highest BCUT2D eigenvalue weighted by molar-refractivity contribution is 7.15. The Bertz CT molecular complexity index is 512. The van der Waals surface area contributed by atoms with E-state index in [1.54, 1.807) is 11.3 Å². The standard InChI is InChI=1S/C15H20N2S/c1-10(2)12-5-7-13(8-6-12)15-17-14(9-16-4)11(3)18-15/h5-8,10,16H,9H2,1-4H3. The number of aromatic nitrogens is 1. The average molecular weight is 260 g/mol. The number of nitrogens with zero attached hydrogens (tertiary/aromatic N) is 1. The Morgan fingerprint density at radius 3 is 2.44 bits per heavy atom. The van der Waals surface area contributed by atoms with E-state index in [1.807, 2.05) is 7.05 Å². The molecule has 0 atom stereocenters. The molecule has 0 bridgehead atoms. The Morgan fingerprint density at radius 2 is 1.89 bits per heavy atom. The number of hydrogen-bond acceptors (Lipinski definition) is 3. The fourth-order valence-electron chi connectivity index (χ4n) is 1.89. The molecule has 0 aliphatic rings. The molecule has 2 aromatic rings. The second-order valence-electron chi connectivity index (χ2n) is 4.83. The molecule has 0 saturated carbocycles. The lowest BCUT2D eigenvalue weighted by Crippen LogP contribution is -2.06. The topological polar surface area (TPSA) is 24.9 Å². The van der Waals surface area contributed by atoms with E-state index in [-0.39, 0.29) is 0 Å². The zero-order valence-electron chi connectivity index (χ0n) is 11.4. The first-order valence-electron chi connectivity index (χ1n) is 6.33. The molecule has 1 aromatic carbocycles. The summed E-state index contributed by atoms with van der Waals surface area (Å²) in [5.74, 6) is 0.580. The van der Waals surface area contributed by atoms with Gasteiger partial charge in [-0.3, -0.25) is 0 Å². The summed E-state index contributed by atoms with van der Waals surface area (Å²) in [4.78, 5) is 6.00. The van der Waals surface area contributed by atoms with Crippen LogP contribution in [0.3, 0.4) is 0 Å². The van der Waals surface area contributed by atoms with Crippen molar-refractivity contribution in [2.45, 2.75) is 33.2 Å². The molecule has 3 heteroatoms. The molecule has 0 amide bonds. The van der Waals surface area contributed by atoms with Gasteiger partial charge in [0.25, 0.3) is 0 Å². The third-order valence-corrected chi connectivity index (χ3v) is 4.12. The van der Waals surface area contributed by atoms with Gasteiger partial charge in [0.05, 0.1) is 5.69 Å². The van der Waals surface area contributed by atoms with Gasteiger partial charge < -0.3 is 5.32 Å². The molecule has 0 saturated heterocycles. The maximum atomic E-state index is 4.70. The number of aryl methyl sites for hydroxylation is 1. The summed E-state index contributed by atoms with van der Waals surface area (Å²) in [5.41, 5.74) is 3.75. The van der Waals surface area contributed by atoms with Crippen molar-refractivity contribution in [3.05, 3.63) is 40.4 Å². The molecule has 0 aliphatic heterocycles. The summed E-state index contributed by atoms with van der Waals surface area (Å²) in [6.45, 7) is 7.41. The van der Waals surface area contributed by atoms with Crippen LogP contribution in [0.1, 0.15) is 35.9 Å². The number of hydrogen-bond donors (Lipinski definition) is 1. The molecular formula is C15H20N2S. The summed E-state index contributed by atoms with van der Waals surface area (Å²) in [6.07, 6.45) is 0. The van der Waals surface area contributed by atoms with Gasteiger partial charge in [-0.05, 0) is 25.5 Å². The van der Waals surface area contributed by atoms with Crippen molar-refractivity contribution in [3.8, 4) is 10.6 Å². The lowest BCUT2D eigenvalue weighted by Gasteiger charge is -2.05. The Kier molecular flexibility index (Phi) is 4.15. The second kappa shape index (κ2) is 5.63. The maximum Gasteiger partial charge on any atom is 0.123 e. The van der Waals surface area contributed by atoms with Gasteiger partial charge in [0.15, 0.2) is 0 Å². The minimum absolute atomic E-state index is 0.580. The fourth-order valence-corrected chi connectivity index (χ4v) is 2.83. The monoisotopic (exact) mass is 260 g/mol. The van der Waals surface area contributed by atoms with Crippen molar-refractivity contribution in [2.75, 3.05) is 7.05 Å². The van der Waals surface area contributed by atoms with Crippen LogP contribution >= 0.6 is 11.3 Å². The van der Waals surface area contributed by atoms with Crippen LogP contribution in [0.2, 0.25) is 0 Å². The van der Waals surface area contributed by atoms with Crippen LogP contribution < -0.4 is 5.32 Å². The van der Waals surface area contributed by atoms with E-state index in [0.717, 1.165) is 17.2 Å². The van der Waals surface area contributed by atoms with Crippen molar-refractivity contribution in [1.29, 1.82) is 0 Å². The van der Waals surface area contributed by atoms with Crippen molar-refractivity contribution >= 4 is 11.3 Å². The molecule has 0 radical (unpaired) electrons. The smallest absolute Gasteiger partial charge is 0.123 e. The molecule has 0 fully saturated rings. The highest BCUT2D eigenvalue weighted by atomic mass is 32.1. The summed E-state index contributed by atoms with van der Waals surface area (Å²) in [7, 11) is 1.95. The SMILES string of the molecule is CNCc1nc(-c2ccc(C(C)C)cc2)sc1C. The zero-order chi connectivity index (χ0) is 13.1. The summed E-state index contributed by atoms with van der Waals surface area (Å²) in [5, 5.41) is 4.28. The van der Waals surface area contributed by atoms with Gasteiger partial charge in [-0.25, -0.2) is 4.98 Å². The van der Waals surface area contributed by atoms with E-state index in [2.05, 4.69) is 50.4 Å². The van der Waals surface area contributed by atoms with E-state index in [0.29, 0.717) is 5.92 Å². The first-order chi connectivity index (χ1) is 8.61. The Balaban J connectivity index is 2.28. The van der Waals surface area contributed by atoms with Crippen LogP contribution in [0.5, 0.6) is 0 Å². The lowest BCUT2D eigenvalue weighted by atomic mass is 10.0. The van der Waals surface area contributed by atoms with Crippen molar-refractivity contribution < 1.29 is 0 Å². The largest absolute Gasteiger partial charge is 0.314 e. The third-order valence-electron chi connectivity index (χ3n) is 3.06. The number of thiazole rings is 1. The predicted octanol–water partition coefficient (Wildman–Crippen LogP) is 3.96. The van der Waals surface area contributed by atoms with Crippen molar-refractivity contribution in [2.24, 2.45) is 0 Å². The molecule has 0 aliphatic carbocycles. The molecule has 2 nitrogen and oxygen atoms in total. The van der Waals surface area contributed by atoms with Crippen LogP contribution in [0.25, 0.3) is 10.6 Å². The molecule has 0 spiro atoms. The van der Waals surface area contributed by atoms with E-state index >= 15 is 0 Å². The number of nitrogens with one attached hydrogen (secondary N) is 1. The fraction of sp³-hybridized carbons (Fsp3) is 0.400. The Hall–Kier alpha value is -1.19. The highest BCUT2D eigenvalue weighted by Gasteiger charge is 2.09. The van der Waals surface area contributed by atoms with E-state index < -0.39 is 0 Å². The van der Waals surface area contributed by atoms with Gasteiger partial charge in [0.2, 0.25) is 0 Å². The summed E-state index contributed by atoms with van der Waals surface area (Å²) >= 11 is 1.77. The molecule has 96 valence electrons. The molecular weight excluding hydrogens is 240 g/mol. The maximum absolute atomic E-state index is 4.70. The van der Waals surface area contributed by atoms with E-state index in [9.17, 15) is 0 Å². The van der Waals surface area contributed by atoms with Gasteiger partial charge in [-0.1, -0.05) is 38.1 Å². The van der Waals surface area contributed by atoms with Crippen molar-refractivity contribution in [3.63, 3.8) is 0 Å². The minimum Gasteiger partial charge on any atom is -0.314 e. The van der Waals surface area contributed by atoms with E-state index in [4.69, 9.17) is 4.98 Å². The molecule has 18 heavy (non-hydrogen) atoms. The van der Waals surface area contributed by atoms with Crippen LogP contribution in [-0.2, 0) is 6.54 Å². The first kappa shape index (κ1) is 13.2. The second-order valence-corrected chi connectivity index (χ2v) is 6.03. The molecule has 1 heterocycles. The highest BCUT2D eigenvalue weighted by Crippen LogP contribution is 2.28. The van der Waals surface area contributed by atoms with Gasteiger partial charge in [-0.15, -0.1) is 11.3 Å². The van der Waals surface area contributed by atoms with Crippen LogP contribution in [-0.4, -0.2) is 12.0 Å².